The minimum Gasteiger partial charge on any atom is -0.354 e. The maximum atomic E-state index is 4.48. The first kappa shape index (κ1) is 8.76. The lowest BCUT2D eigenvalue weighted by molar-refractivity contribution is 0.314. The number of aromatic nitrogens is 2. The maximum Gasteiger partial charge on any atom is 0.194 e. The van der Waals surface area contributed by atoms with E-state index in [2.05, 4.69) is 26.5 Å². The Balaban J connectivity index is 1.90. The number of aliphatic imine (C=N–C) groups is 1. The summed E-state index contributed by atoms with van der Waals surface area (Å²) in [6.45, 7) is 2.98. The van der Waals surface area contributed by atoms with Gasteiger partial charge in [-0.1, -0.05) is 0 Å². The van der Waals surface area contributed by atoms with Crippen LogP contribution in [0.1, 0.15) is 18.0 Å². The van der Waals surface area contributed by atoms with Crippen molar-refractivity contribution in [2.24, 2.45) is 12.0 Å². The summed E-state index contributed by atoms with van der Waals surface area (Å²) in [7, 11) is 1.96. The molecule has 0 aromatic carbocycles. The van der Waals surface area contributed by atoms with Crippen molar-refractivity contribution < 1.29 is 0 Å². The number of hydrogen-bond acceptors (Lipinski definition) is 4. The Labute approximate surface area is 88.8 Å². The predicted molar refractivity (Wildman–Crippen MR) is 57.6 cm³/mol. The van der Waals surface area contributed by atoms with Crippen LogP contribution >= 0.6 is 0 Å². The highest BCUT2D eigenvalue weighted by Crippen LogP contribution is 2.28. The first-order valence-corrected chi connectivity index (χ1v) is 5.38. The highest BCUT2D eigenvalue weighted by atomic mass is 15.4. The van der Waals surface area contributed by atoms with E-state index in [-0.39, 0.29) is 0 Å². The second kappa shape index (κ2) is 3.25. The zero-order chi connectivity index (χ0) is 10.3. The third kappa shape index (κ3) is 1.38. The molecule has 3 heterocycles. The molecule has 3 rings (SSSR count). The molecule has 0 amide bonds. The van der Waals surface area contributed by atoms with Gasteiger partial charge in [-0.25, -0.2) is 0 Å². The fourth-order valence-electron chi connectivity index (χ4n) is 2.35. The SMILES string of the molecule is Cn1cc(C2CCN=C3NCCN32)cn1. The van der Waals surface area contributed by atoms with Gasteiger partial charge in [0.15, 0.2) is 5.96 Å². The van der Waals surface area contributed by atoms with Gasteiger partial charge in [0.25, 0.3) is 0 Å². The lowest BCUT2D eigenvalue weighted by Gasteiger charge is -2.31. The quantitative estimate of drug-likeness (QED) is 0.708. The molecule has 1 N–H and O–H groups in total. The van der Waals surface area contributed by atoms with Crippen molar-refractivity contribution in [2.75, 3.05) is 19.6 Å². The number of rotatable bonds is 1. The molecule has 0 bridgehead atoms. The number of guanidine groups is 1. The van der Waals surface area contributed by atoms with Gasteiger partial charge in [-0.2, -0.15) is 5.10 Å². The molecule has 5 heteroatoms. The number of nitrogens with one attached hydrogen (secondary N) is 1. The monoisotopic (exact) mass is 205 g/mol. The highest BCUT2D eigenvalue weighted by molar-refractivity contribution is 5.82. The molecule has 15 heavy (non-hydrogen) atoms. The van der Waals surface area contributed by atoms with Gasteiger partial charge in [-0.15, -0.1) is 0 Å². The van der Waals surface area contributed by atoms with Crippen molar-refractivity contribution >= 4 is 5.96 Å². The maximum absolute atomic E-state index is 4.48. The Bertz CT molecular complexity index is 394. The Hall–Kier alpha value is -1.52. The first-order valence-electron chi connectivity index (χ1n) is 5.38. The van der Waals surface area contributed by atoms with E-state index < -0.39 is 0 Å². The van der Waals surface area contributed by atoms with E-state index in [9.17, 15) is 0 Å². The molecule has 1 fully saturated rings. The molecule has 80 valence electrons. The van der Waals surface area contributed by atoms with Gasteiger partial charge in [0.2, 0.25) is 0 Å². The number of hydrogen-bond donors (Lipinski definition) is 1. The molecule has 2 aliphatic rings. The van der Waals surface area contributed by atoms with E-state index in [4.69, 9.17) is 0 Å². The van der Waals surface area contributed by atoms with Crippen molar-refractivity contribution in [3.63, 3.8) is 0 Å². The second-order valence-corrected chi connectivity index (χ2v) is 4.08. The van der Waals surface area contributed by atoms with Gasteiger partial charge in [0.1, 0.15) is 0 Å². The summed E-state index contributed by atoms with van der Waals surface area (Å²) < 4.78 is 1.87. The Morgan fingerprint density at radius 1 is 1.53 bits per heavy atom. The summed E-state index contributed by atoms with van der Waals surface area (Å²) in [6.07, 6.45) is 5.16. The van der Waals surface area contributed by atoms with Gasteiger partial charge in [0.05, 0.1) is 12.2 Å². The molecular formula is C10H15N5. The molecule has 2 aliphatic heterocycles. The van der Waals surface area contributed by atoms with Gasteiger partial charge in [0, 0.05) is 38.4 Å². The predicted octanol–water partition coefficient (Wildman–Crippen LogP) is 0.126. The molecule has 0 spiro atoms. The van der Waals surface area contributed by atoms with E-state index in [0.717, 1.165) is 32.0 Å². The van der Waals surface area contributed by atoms with E-state index in [0.29, 0.717) is 6.04 Å². The summed E-state index contributed by atoms with van der Waals surface area (Å²) in [6, 6.07) is 0.459. The minimum atomic E-state index is 0.459. The normalized spacial score (nSPS) is 24.7. The summed E-state index contributed by atoms with van der Waals surface area (Å²) >= 11 is 0. The summed E-state index contributed by atoms with van der Waals surface area (Å²) in [5.74, 6) is 1.06. The van der Waals surface area contributed by atoms with Crippen molar-refractivity contribution in [1.29, 1.82) is 0 Å². The fourth-order valence-corrected chi connectivity index (χ4v) is 2.35. The standard InChI is InChI=1S/C10H15N5/c1-14-7-8(6-13-14)9-2-3-11-10-12-4-5-15(9)10/h6-7,9H,2-5H2,1H3,(H,11,12). The number of aryl methyl sites for hydroxylation is 1. The zero-order valence-corrected chi connectivity index (χ0v) is 8.85. The smallest absolute Gasteiger partial charge is 0.194 e. The van der Waals surface area contributed by atoms with E-state index in [1.54, 1.807) is 0 Å². The zero-order valence-electron chi connectivity index (χ0n) is 8.85. The molecule has 1 saturated heterocycles. The summed E-state index contributed by atoms with van der Waals surface area (Å²) in [5.41, 5.74) is 1.30. The van der Waals surface area contributed by atoms with Crippen LogP contribution in [-0.4, -0.2) is 40.3 Å². The van der Waals surface area contributed by atoms with E-state index in [1.807, 2.05) is 17.9 Å². The van der Waals surface area contributed by atoms with Crippen LogP contribution in [0, 0.1) is 0 Å². The molecule has 0 radical (unpaired) electrons. The summed E-state index contributed by atoms with van der Waals surface area (Å²) in [5, 5.41) is 7.55. The van der Waals surface area contributed by atoms with Crippen LogP contribution in [-0.2, 0) is 7.05 Å². The van der Waals surface area contributed by atoms with E-state index in [1.165, 1.54) is 5.56 Å². The highest BCUT2D eigenvalue weighted by Gasteiger charge is 2.30. The van der Waals surface area contributed by atoms with Gasteiger partial charge in [-0.05, 0) is 6.42 Å². The molecule has 5 nitrogen and oxygen atoms in total. The average molecular weight is 205 g/mol. The van der Waals surface area contributed by atoms with Crippen molar-refractivity contribution in [2.45, 2.75) is 12.5 Å². The van der Waals surface area contributed by atoms with Crippen LogP contribution < -0.4 is 5.32 Å². The lowest BCUT2D eigenvalue weighted by Crippen LogP contribution is -2.37. The second-order valence-electron chi connectivity index (χ2n) is 4.08. The van der Waals surface area contributed by atoms with Crippen LogP contribution in [0.5, 0.6) is 0 Å². The molecule has 1 atom stereocenters. The van der Waals surface area contributed by atoms with Crippen LogP contribution in [0.15, 0.2) is 17.4 Å². The van der Waals surface area contributed by atoms with Crippen LogP contribution in [0.2, 0.25) is 0 Å². The average Bonchev–Trinajstić information content (AvgIpc) is 2.84. The van der Waals surface area contributed by atoms with Crippen LogP contribution in [0.3, 0.4) is 0 Å². The van der Waals surface area contributed by atoms with Crippen molar-refractivity contribution in [3.05, 3.63) is 18.0 Å². The van der Waals surface area contributed by atoms with Gasteiger partial charge >= 0.3 is 0 Å². The first-order chi connectivity index (χ1) is 7.34. The molecule has 1 unspecified atom stereocenters. The molecule has 1 aromatic heterocycles. The third-order valence-electron chi connectivity index (χ3n) is 3.06. The largest absolute Gasteiger partial charge is 0.354 e. The molecule has 0 saturated carbocycles. The molecular weight excluding hydrogens is 190 g/mol. The minimum absolute atomic E-state index is 0.459. The topological polar surface area (TPSA) is 45.5 Å². The molecule has 0 aliphatic carbocycles. The van der Waals surface area contributed by atoms with Crippen molar-refractivity contribution in [3.8, 4) is 0 Å². The number of nitrogens with zero attached hydrogens (tertiary/aromatic N) is 4. The van der Waals surface area contributed by atoms with Crippen LogP contribution in [0.25, 0.3) is 0 Å². The van der Waals surface area contributed by atoms with Gasteiger partial charge in [-0.3, -0.25) is 9.67 Å². The lowest BCUT2D eigenvalue weighted by atomic mass is 10.1. The fraction of sp³-hybridized carbons (Fsp3) is 0.600. The van der Waals surface area contributed by atoms with Gasteiger partial charge < -0.3 is 10.2 Å². The molecule has 1 aromatic rings. The number of fused-ring (bicyclic) bond motifs is 1. The Morgan fingerprint density at radius 3 is 3.27 bits per heavy atom. The summed E-state index contributed by atoms with van der Waals surface area (Å²) in [4.78, 5) is 6.83. The Morgan fingerprint density at radius 2 is 2.47 bits per heavy atom. The Kier molecular flexibility index (Phi) is 1.90. The van der Waals surface area contributed by atoms with Crippen molar-refractivity contribution in [1.82, 2.24) is 20.0 Å². The third-order valence-corrected chi connectivity index (χ3v) is 3.06. The van der Waals surface area contributed by atoms with E-state index >= 15 is 0 Å². The van der Waals surface area contributed by atoms with Crippen LogP contribution in [0.4, 0.5) is 0 Å².